The van der Waals surface area contributed by atoms with Crippen molar-refractivity contribution in [2.24, 2.45) is 0 Å². The molecule has 8 nitrogen and oxygen atoms in total. The smallest absolute Gasteiger partial charge is 0.322 e. The lowest BCUT2D eigenvalue weighted by Crippen LogP contribution is -2.48. The maximum atomic E-state index is 13.3. The van der Waals surface area contributed by atoms with Gasteiger partial charge < -0.3 is 31.1 Å². The Bertz CT molecular complexity index is 935. The van der Waals surface area contributed by atoms with E-state index in [0.717, 1.165) is 61.6 Å². The molecule has 4 rings (SSSR count). The normalized spacial score (nSPS) is 15.8. The van der Waals surface area contributed by atoms with Gasteiger partial charge >= 0.3 is 12.1 Å². The van der Waals surface area contributed by atoms with Crippen LogP contribution in [0.4, 0.5) is 29.7 Å². The van der Waals surface area contributed by atoms with Gasteiger partial charge in [0.05, 0.1) is 5.69 Å². The molecule has 0 spiro atoms. The number of amides is 4. The van der Waals surface area contributed by atoms with E-state index in [0.29, 0.717) is 13.1 Å². The Morgan fingerprint density at radius 1 is 0.788 bits per heavy atom. The monoisotopic (exact) mass is 524 g/mol. The average Bonchev–Trinajstić information content (AvgIpc) is 2.84. The molecule has 11 heteroatoms. The summed E-state index contributed by atoms with van der Waals surface area (Å²) in [5.74, 6) is -1.43. The first kappa shape index (κ1) is 24.9. The summed E-state index contributed by atoms with van der Waals surface area (Å²) in [6.45, 7) is 5.87. The van der Waals surface area contributed by atoms with Crippen molar-refractivity contribution in [3.05, 3.63) is 58.6 Å². The molecule has 2 aliphatic heterocycles. The van der Waals surface area contributed by atoms with E-state index in [-0.39, 0.29) is 17.7 Å². The highest BCUT2D eigenvalue weighted by Crippen LogP contribution is 2.16. The van der Waals surface area contributed by atoms with Gasteiger partial charge in [-0.15, -0.1) is 0 Å². The SMILES string of the molecule is O=C(Nc1ccc(Br)cc1)N1CCNCC1.O=C(Nc1ccc(F)cc1F)N1CCNCC1. The van der Waals surface area contributed by atoms with Gasteiger partial charge in [-0.25, -0.2) is 18.4 Å². The van der Waals surface area contributed by atoms with Crippen LogP contribution in [-0.2, 0) is 0 Å². The predicted octanol–water partition coefficient (Wildman–Crippen LogP) is 3.29. The van der Waals surface area contributed by atoms with Crippen molar-refractivity contribution < 1.29 is 18.4 Å². The van der Waals surface area contributed by atoms with E-state index < -0.39 is 11.6 Å². The van der Waals surface area contributed by atoms with Crippen LogP contribution in [0.15, 0.2) is 46.9 Å². The van der Waals surface area contributed by atoms with Crippen LogP contribution in [0.5, 0.6) is 0 Å². The van der Waals surface area contributed by atoms with Crippen molar-refractivity contribution in [2.75, 3.05) is 63.0 Å². The fourth-order valence-corrected chi connectivity index (χ4v) is 3.52. The van der Waals surface area contributed by atoms with Crippen molar-refractivity contribution in [1.82, 2.24) is 20.4 Å². The molecule has 2 aromatic rings. The minimum absolute atomic E-state index is 0.00469. The summed E-state index contributed by atoms with van der Waals surface area (Å²) >= 11 is 3.36. The number of hydrogen-bond donors (Lipinski definition) is 4. The highest BCUT2D eigenvalue weighted by molar-refractivity contribution is 9.10. The third-order valence-corrected chi connectivity index (χ3v) is 5.61. The zero-order valence-electron chi connectivity index (χ0n) is 18.0. The molecular weight excluding hydrogens is 498 g/mol. The van der Waals surface area contributed by atoms with Crippen LogP contribution < -0.4 is 21.3 Å². The van der Waals surface area contributed by atoms with E-state index in [9.17, 15) is 18.4 Å². The number of halogens is 3. The lowest BCUT2D eigenvalue weighted by Gasteiger charge is -2.27. The molecule has 33 heavy (non-hydrogen) atoms. The molecule has 0 radical (unpaired) electrons. The molecule has 0 saturated carbocycles. The minimum atomic E-state index is -0.770. The van der Waals surface area contributed by atoms with Crippen molar-refractivity contribution in [1.29, 1.82) is 0 Å². The van der Waals surface area contributed by atoms with Gasteiger partial charge in [-0.1, -0.05) is 15.9 Å². The zero-order chi connectivity index (χ0) is 23.6. The van der Waals surface area contributed by atoms with Crippen LogP contribution in [0.2, 0.25) is 0 Å². The molecule has 4 N–H and O–H groups in total. The third-order valence-electron chi connectivity index (χ3n) is 5.08. The van der Waals surface area contributed by atoms with E-state index in [1.54, 1.807) is 4.90 Å². The van der Waals surface area contributed by atoms with Crippen LogP contribution in [0.1, 0.15) is 0 Å². The molecule has 2 aromatic carbocycles. The fraction of sp³-hybridized carbons (Fsp3) is 0.364. The molecule has 0 aromatic heterocycles. The third kappa shape index (κ3) is 7.95. The molecule has 0 bridgehead atoms. The number of hydrogen-bond acceptors (Lipinski definition) is 4. The molecule has 0 aliphatic carbocycles. The summed E-state index contributed by atoms with van der Waals surface area (Å²) in [7, 11) is 0. The molecule has 0 unspecified atom stereocenters. The summed E-state index contributed by atoms with van der Waals surface area (Å²) in [5.41, 5.74) is 0.821. The Balaban J connectivity index is 0.000000186. The summed E-state index contributed by atoms with van der Waals surface area (Å²) in [6.07, 6.45) is 0. The summed E-state index contributed by atoms with van der Waals surface area (Å²) in [5, 5.41) is 11.6. The largest absolute Gasteiger partial charge is 0.322 e. The van der Waals surface area contributed by atoms with Crippen molar-refractivity contribution in [3.8, 4) is 0 Å². The number of nitrogens with one attached hydrogen (secondary N) is 4. The molecule has 0 atom stereocenters. The van der Waals surface area contributed by atoms with E-state index in [4.69, 9.17) is 0 Å². The molecule has 2 aliphatic rings. The zero-order valence-corrected chi connectivity index (χ0v) is 19.6. The standard InChI is InChI=1S/C11H14BrN3O.C11H13F2N3O/c12-9-1-3-10(4-2-9)14-11(16)15-7-5-13-6-8-15;12-8-1-2-10(9(13)7-8)15-11(17)16-5-3-14-4-6-16/h1-4,13H,5-8H2,(H,14,16);1-2,7,14H,3-6H2,(H,15,17). The van der Waals surface area contributed by atoms with Crippen LogP contribution >= 0.6 is 15.9 Å². The molecule has 178 valence electrons. The number of piperazine rings is 2. The number of nitrogens with zero attached hydrogens (tertiary/aromatic N) is 2. The maximum absolute atomic E-state index is 13.3. The molecule has 2 heterocycles. The maximum Gasteiger partial charge on any atom is 0.322 e. The van der Waals surface area contributed by atoms with Gasteiger partial charge in [0.15, 0.2) is 0 Å². The van der Waals surface area contributed by atoms with Gasteiger partial charge in [-0.2, -0.15) is 0 Å². The van der Waals surface area contributed by atoms with Gasteiger partial charge in [-0.05, 0) is 36.4 Å². The Labute approximate surface area is 199 Å². The van der Waals surface area contributed by atoms with E-state index in [1.165, 1.54) is 6.07 Å². The number of urea groups is 2. The van der Waals surface area contributed by atoms with Gasteiger partial charge in [-0.3, -0.25) is 0 Å². The topological polar surface area (TPSA) is 88.7 Å². The first-order valence-electron chi connectivity index (χ1n) is 10.7. The highest BCUT2D eigenvalue weighted by atomic mass is 79.9. The summed E-state index contributed by atoms with van der Waals surface area (Å²) in [4.78, 5) is 27.0. The quantitative estimate of drug-likeness (QED) is 0.485. The molecular formula is C22H27BrF2N6O2. The lowest BCUT2D eigenvalue weighted by atomic mass is 10.3. The van der Waals surface area contributed by atoms with Crippen LogP contribution in [0, 0.1) is 11.6 Å². The van der Waals surface area contributed by atoms with Crippen LogP contribution in [0.25, 0.3) is 0 Å². The minimum Gasteiger partial charge on any atom is -0.322 e. The Hall–Kier alpha value is -2.76. The van der Waals surface area contributed by atoms with Crippen LogP contribution in [0.3, 0.4) is 0 Å². The van der Waals surface area contributed by atoms with Gasteiger partial charge in [0.1, 0.15) is 11.6 Å². The molecule has 2 saturated heterocycles. The summed E-state index contributed by atoms with van der Waals surface area (Å²) < 4.78 is 27.0. The second-order valence-electron chi connectivity index (χ2n) is 7.47. The number of carbonyl (C=O) groups excluding carboxylic acids is 2. The number of carbonyl (C=O) groups is 2. The van der Waals surface area contributed by atoms with E-state index in [1.807, 2.05) is 29.2 Å². The summed E-state index contributed by atoms with van der Waals surface area (Å²) in [6, 6.07) is 10.3. The highest BCUT2D eigenvalue weighted by Gasteiger charge is 2.17. The number of benzene rings is 2. The van der Waals surface area contributed by atoms with Gasteiger partial charge in [0.25, 0.3) is 0 Å². The Morgan fingerprint density at radius 2 is 1.30 bits per heavy atom. The number of anilines is 2. The fourth-order valence-electron chi connectivity index (χ4n) is 3.26. The van der Waals surface area contributed by atoms with Gasteiger partial charge in [0, 0.05) is 68.6 Å². The second-order valence-corrected chi connectivity index (χ2v) is 8.38. The lowest BCUT2D eigenvalue weighted by molar-refractivity contribution is 0.203. The van der Waals surface area contributed by atoms with E-state index >= 15 is 0 Å². The first-order valence-corrected chi connectivity index (χ1v) is 11.5. The Morgan fingerprint density at radius 3 is 1.82 bits per heavy atom. The van der Waals surface area contributed by atoms with Crippen molar-refractivity contribution in [2.45, 2.75) is 0 Å². The van der Waals surface area contributed by atoms with Crippen molar-refractivity contribution in [3.63, 3.8) is 0 Å². The first-order chi connectivity index (χ1) is 15.9. The molecule has 4 amide bonds. The van der Waals surface area contributed by atoms with Crippen molar-refractivity contribution >= 4 is 39.4 Å². The average molecular weight is 525 g/mol. The predicted molar refractivity (Wildman–Crippen MR) is 127 cm³/mol. The van der Waals surface area contributed by atoms with Crippen LogP contribution in [-0.4, -0.2) is 74.2 Å². The van der Waals surface area contributed by atoms with E-state index in [2.05, 4.69) is 37.2 Å². The van der Waals surface area contributed by atoms with Gasteiger partial charge in [0.2, 0.25) is 0 Å². The molecule has 2 fully saturated rings. The number of rotatable bonds is 2. The Kier molecular flexibility index (Phi) is 9.40. The second kappa shape index (κ2) is 12.5.